The zero-order valence-corrected chi connectivity index (χ0v) is 13.2. The van der Waals surface area contributed by atoms with Crippen molar-refractivity contribution in [3.8, 4) is 5.75 Å². The molecule has 1 aliphatic carbocycles. The number of rotatable bonds is 3. The van der Waals surface area contributed by atoms with Gasteiger partial charge in [-0.25, -0.2) is 0 Å². The maximum Gasteiger partial charge on any atom is 0.314 e. The van der Waals surface area contributed by atoms with Crippen molar-refractivity contribution in [3.63, 3.8) is 0 Å². The summed E-state index contributed by atoms with van der Waals surface area (Å²) in [5.41, 5.74) is 1.33. The first-order chi connectivity index (χ1) is 9.83. The lowest BCUT2D eigenvalue weighted by Crippen LogP contribution is -2.22. The second kappa shape index (κ2) is 6.90. The Kier molecular flexibility index (Phi) is 4.94. The molecule has 108 valence electrons. The van der Waals surface area contributed by atoms with Crippen LogP contribution in [0.4, 0.5) is 0 Å². The predicted octanol–water partition coefficient (Wildman–Crippen LogP) is 4.65. The molecule has 0 unspecified atom stereocenters. The quantitative estimate of drug-likeness (QED) is 0.600. The van der Waals surface area contributed by atoms with E-state index in [0.717, 1.165) is 25.7 Å². The van der Waals surface area contributed by atoms with Gasteiger partial charge in [-0.2, -0.15) is 0 Å². The van der Waals surface area contributed by atoms with Crippen molar-refractivity contribution in [2.24, 2.45) is 5.92 Å². The van der Waals surface area contributed by atoms with Crippen molar-refractivity contribution in [2.45, 2.75) is 36.7 Å². The molecule has 1 saturated carbocycles. The number of thioether (sulfide) groups is 2. The van der Waals surface area contributed by atoms with Crippen LogP contribution in [0.2, 0.25) is 0 Å². The van der Waals surface area contributed by atoms with E-state index in [4.69, 9.17) is 4.74 Å². The molecule has 1 saturated heterocycles. The smallest absolute Gasteiger partial charge is 0.314 e. The highest BCUT2D eigenvalue weighted by Crippen LogP contribution is 2.45. The Balaban J connectivity index is 1.58. The Labute approximate surface area is 129 Å². The minimum atomic E-state index is -0.0398. The highest BCUT2D eigenvalue weighted by molar-refractivity contribution is 8.19. The largest absolute Gasteiger partial charge is 0.426 e. The van der Waals surface area contributed by atoms with Crippen molar-refractivity contribution in [2.75, 3.05) is 11.5 Å². The molecule has 0 spiro atoms. The first-order valence-electron chi connectivity index (χ1n) is 7.38. The van der Waals surface area contributed by atoms with Crippen molar-refractivity contribution < 1.29 is 9.53 Å². The first kappa shape index (κ1) is 14.3. The average Bonchev–Trinajstić information content (AvgIpc) is 3.03. The molecule has 2 aliphatic rings. The van der Waals surface area contributed by atoms with E-state index in [2.05, 4.69) is 12.1 Å². The van der Waals surface area contributed by atoms with Crippen LogP contribution < -0.4 is 4.74 Å². The second-order valence-corrected chi connectivity index (χ2v) is 8.12. The summed E-state index contributed by atoms with van der Waals surface area (Å²) in [5.74, 6) is 3.23. The Morgan fingerprint density at radius 2 is 1.65 bits per heavy atom. The van der Waals surface area contributed by atoms with Gasteiger partial charge >= 0.3 is 5.97 Å². The van der Waals surface area contributed by atoms with Crippen LogP contribution in [0.3, 0.4) is 0 Å². The third-order valence-electron chi connectivity index (χ3n) is 3.93. The van der Waals surface area contributed by atoms with Crippen molar-refractivity contribution in [3.05, 3.63) is 29.8 Å². The standard InChI is InChI=1S/C16H20O2S2/c17-15(12-4-2-1-3-5-12)18-14-8-6-13(7-9-14)16-19-10-11-20-16/h6-9,12,16H,1-5,10-11H2. The van der Waals surface area contributed by atoms with Crippen LogP contribution in [0.1, 0.15) is 42.2 Å². The molecule has 0 bridgehead atoms. The Morgan fingerprint density at radius 3 is 2.30 bits per heavy atom. The fourth-order valence-corrected chi connectivity index (χ4v) is 5.64. The van der Waals surface area contributed by atoms with Gasteiger partial charge in [0.05, 0.1) is 10.5 Å². The van der Waals surface area contributed by atoms with Crippen LogP contribution in [0.15, 0.2) is 24.3 Å². The van der Waals surface area contributed by atoms with E-state index in [9.17, 15) is 4.79 Å². The number of carbonyl (C=O) groups is 1. The SMILES string of the molecule is O=C(Oc1ccc(C2SCCS2)cc1)C1CCCCC1. The molecule has 4 heteroatoms. The molecule has 0 radical (unpaired) electrons. The van der Waals surface area contributed by atoms with Gasteiger partial charge in [-0.15, -0.1) is 23.5 Å². The van der Waals surface area contributed by atoms with E-state index in [1.54, 1.807) is 0 Å². The molecular formula is C16H20O2S2. The summed E-state index contributed by atoms with van der Waals surface area (Å²) in [4.78, 5) is 12.1. The summed E-state index contributed by atoms with van der Waals surface area (Å²) in [6.45, 7) is 0. The zero-order chi connectivity index (χ0) is 13.8. The van der Waals surface area contributed by atoms with Gasteiger partial charge in [0.1, 0.15) is 5.75 Å². The van der Waals surface area contributed by atoms with E-state index in [0.29, 0.717) is 10.3 Å². The van der Waals surface area contributed by atoms with Crippen molar-refractivity contribution in [1.82, 2.24) is 0 Å². The highest BCUT2D eigenvalue weighted by Gasteiger charge is 2.23. The number of hydrogen-bond donors (Lipinski definition) is 0. The van der Waals surface area contributed by atoms with Crippen LogP contribution in [-0.4, -0.2) is 17.5 Å². The minimum absolute atomic E-state index is 0.0398. The van der Waals surface area contributed by atoms with Gasteiger partial charge in [-0.05, 0) is 30.5 Å². The average molecular weight is 308 g/mol. The topological polar surface area (TPSA) is 26.3 Å². The summed E-state index contributed by atoms with van der Waals surface area (Å²) in [5, 5.41) is 0. The molecule has 2 nitrogen and oxygen atoms in total. The van der Waals surface area contributed by atoms with E-state index in [1.807, 2.05) is 35.7 Å². The predicted molar refractivity (Wildman–Crippen MR) is 86.3 cm³/mol. The van der Waals surface area contributed by atoms with Crippen LogP contribution in [-0.2, 0) is 4.79 Å². The molecular weight excluding hydrogens is 288 g/mol. The number of carbonyl (C=O) groups excluding carboxylic acids is 1. The summed E-state index contributed by atoms with van der Waals surface area (Å²) in [6, 6.07) is 8.07. The highest BCUT2D eigenvalue weighted by atomic mass is 32.2. The molecule has 1 heterocycles. The van der Waals surface area contributed by atoms with Gasteiger partial charge in [-0.3, -0.25) is 4.79 Å². The van der Waals surface area contributed by atoms with E-state index in [-0.39, 0.29) is 11.9 Å². The molecule has 0 atom stereocenters. The maximum atomic E-state index is 12.1. The van der Waals surface area contributed by atoms with Crippen LogP contribution in [0, 0.1) is 5.92 Å². The number of esters is 1. The second-order valence-electron chi connectivity index (χ2n) is 5.40. The monoisotopic (exact) mass is 308 g/mol. The van der Waals surface area contributed by atoms with Crippen molar-refractivity contribution in [1.29, 1.82) is 0 Å². The van der Waals surface area contributed by atoms with Gasteiger partial charge in [0.25, 0.3) is 0 Å². The Hall–Kier alpha value is -0.610. The molecule has 1 aliphatic heterocycles. The fraction of sp³-hybridized carbons (Fsp3) is 0.562. The van der Waals surface area contributed by atoms with Gasteiger partial charge in [0.2, 0.25) is 0 Å². The number of ether oxygens (including phenoxy) is 1. The molecule has 0 amide bonds. The van der Waals surface area contributed by atoms with E-state index in [1.165, 1.54) is 23.5 Å². The normalized spacial score (nSPS) is 21.0. The summed E-state index contributed by atoms with van der Waals surface area (Å²) < 4.78 is 6.07. The third-order valence-corrected chi connectivity index (χ3v) is 7.04. The van der Waals surface area contributed by atoms with E-state index < -0.39 is 0 Å². The van der Waals surface area contributed by atoms with Crippen molar-refractivity contribution >= 4 is 29.5 Å². The van der Waals surface area contributed by atoms with Crippen LogP contribution in [0.25, 0.3) is 0 Å². The lowest BCUT2D eigenvalue weighted by Gasteiger charge is -2.19. The Bertz CT molecular complexity index is 446. The molecule has 0 N–H and O–H groups in total. The van der Waals surface area contributed by atoms with Gasteiger partial charge in [-0.1, -0.05) is 31.4 Å². The summed E-state index contributed by atoms with van der Waals surface area (Å²) in [6.07, 6.45) is 5.57. The lowest BCUT2D eigenvalue weighted by molar-refractivity contribution is -0.139. The fourth-order valence-electron chi connectivity index (χ4n) is 2.78. The third kappa shape index (κ3) is 3.53. The van der Waals surface area contributed by atoms with Gasteiger partial charge in [0, 0.05) is 11.5 Å². The summed E-state index contributed by atoms with van der Waals surface area (Å²) in [7, 11) is 0. The zero-order valence-electron chi connectivity index (χ0n) is 11.5. The molecule has 1 aromatic rings. The van der Waals surface area contributed by atoms with Gasteiger partial charge in [0.15, 0.2) is 0 Å². The lowest BCUT2D eigenvalue weighted by atomic mass is 9.89. The molecule has 1 aromatic carbocycles. The van der Waals surface area contributed by atoms with Crippen LogP contribution >= 0.6 is 23.5 Å². The minimum Gasteiger partial charge on any atom is -0.426 e. The molecule has 20 heavy (non-hydrogen) atoms. The Morgan fingerprint density at radius 1 is 1.00 bits per heavy atom. The number of hydrogen-bond acceptors (Lipinski definition) is 4. The van der Waals surface area contributed by atoms with Crippen LogP contribution in [0.5, 0.6) is 5.75 Å². The molecule has 0 aromatic heterocycles. The van der Waals surface area contributed by atoms with Gasteiger partial charge < -0.3 is 4.74 Å². The first-order valence-corrected chi connectivity index (χ1v) is 9.47. The molecule has 2 fully saturated rings. The maximum absolute atomic E-state index is 12.1. The summed E-state index contributed by atoms with van der Waals surface area (Å²) >= 11 is 3.99. The number of benzene rings is 1. The van der Waals surface area contributed by atoms with E-state index >= 15 is 0 Å². The molecule has 3 rings (SSSR count).